The van der Waals surface area contributed by atoms with Crippen molar-refractivity contribution in [2.75, 3.05) is 20.6 Å². The van der Waals surface area contributed by atoms with Gasteiger partial charge in [0, 0.05) is 0 Å². The minimum Gasteiger partial charge on any atom is -1.00 e. The fraction of sp³-hybridized carbons (Fsp3) is 0.867. The first-order chi connectivity index (χ1) is 7.25. The largest absolute Gasteiger partial charge is 1.00 e. The molecule has 0 bridgehead atoms. The maximum absolute atomic E-state index is 2.39. The van der Waals surface area contributed by atoms with Gasteiger partial charge >= 0.3 is 0 Å². The lowest BCUT2D eigenvalue weighted by molar-refractivity contribution is -0.911. The number of nitrogens with zero attached hydrogens (tertiary/aromatic N) is 1. The Bertz CT molecular complexity index is 215. The van der Waals surface area contributed by atoms with Crippen molar-refractivity contribution < 1.29 is 21.5 Å². The van der Waals surface area contributed by atoms with Crippen LogP contribution < -0.4 is 17.0 Å². The zero-order valence-electron chi connectivity index (χ0n) is 12.9. The van der Waals surface area contributed by atoms with E-state index in [0.29, 0.717) is 0 Å². The normalized spacial score (nSPS) is 13.2. The fourth-order valence-corrected chi connectivity index (χ4v) is 1.61. The summed E-state index contributed by atoms with van der Waals surface area (Å²) in [6, 6.07) is 0.727. The van der Waals surface area contributed by atoms with E-state index < -0.39 is 0 Å². The Morgan fingerprint density at radius 2 is 1.59 bits per heavy atom. The topological polar surface area (TPSA) is 0 Å². The van der Waals surface area contributed by atoms with Crippen molar-refractivity contribution in [2.45, 2.75) is 59.9 Å². The molecule has 0 aliphatic carbocycles. The number of hydrogen-bond acceptors (Lipinski definition) is 0. The Morgan fingerprint density at radius 3 is 2.00 bits per heavy atom. The van der Waals surface area contributed by atoms with Gasteiger partial charge in [-0.25, -0.2) is 0 Å². The van der Waals surface area contributed by atoms with Gasteiger partial charge in [0.05, 0.1) is 26.7 Å². The van der Waals surface area contributed by atoms with E-state index in [1.807, 2.05) is 0 Å². The number of allylic oxidation sites excluding steroid dienone is 2. The first-order valence-electron chi connectivity index (χ1n) is 6.71. The van der Waals surface area contributed by atoms with E-state index in [1.54, 1.807) is 0 Å². The minimum absolute atomic E-state index is 0. The third-order valence-electron chi connectivity index (χ3n) is 3.81. The lowest BCUT2D eigenvalue weighted by Gasteiger charge is -2.35. The Morgan fingerprint density at radius 1 is 1.06 bits per heavy atom. The second-order valence-corrected chi connectivity index (χ2v) is 6.35. The monoisotopic (exact) mass is 305 g/mol. The van der Waals surface area contributed by atoms with Crippen LogP contribution in [0.5, 0.6) is 0 Å². The highest BCUT2D eigenvalue weighted by atomic mass is 79.9. The first kappa shape index (κ1) is 19.5. The van der Waals surface area contributed by atoms with Crippen molar-refractivity contribution in [3.05, 3.63) is 11.6 Å². The average Bonchev–Trinajstić information content (AvgIpc) is 2.14. The van der Waals surface area contributed by atoms with Gasteiger partial charge in [-0.05, 0) is 52.9 Å². The summed E-state index contributed by atoms with van der Waals surface area (Å²) in [4.78, 5) is 0. The minimum atomic E-state index is 0. The van der Waals surface area contributed by atoms with Crippen molar-refractivity contribution in [1.29, 1.82) is 0 Å². The summed E-state index contributed by atoms with van der Waals surface area (Å²) < 4.78 is 1.15. The first-order valence-corrected chi connectivity index (χ1v) is 6.71. The maximum Gasteiger partial charge on any atom is 0.0829 e. The zero-order chi connectivity index (χ0) is 12.8. The van der Waals surface area contributed by atoms with E-state index in [4.69, 9.17) is 0 Å². The molecule has 104 valence electrons. The van der Waals surface area contributed by atoms with Gasteiger partial charge in [-0.2, -0.15) is 0 Å². The predicted octanol–water partition coefficient (Wildman–Crippen LogP) is 1.25. The van der Waals surface area contributed by atoms with E-state index in [1.165, 1.54) is 31.4 Å². The van der Waals surface area contributed by atoms with E-state index >= 15 is 0 Å². The van der Waals surface area contributed by atoms with Gasteiger partial charge in [0.2, 0.25) is 0 Å². The molecule has 0 aliphatic heterocycles. The molecule has 0 spiro atoms. The third-order valence-corrected chi connectivity index (χ3v) is 3.81. The summed E-state index contributed by atoms with van der Waals surface area (Å²) in [5, 5.41) is 0. The van der Waals surface area contributed by atoms with E-state index in [9.17, 15) is 0 Å². The van der Waals surface area contributed by atoms with Gasteiger partial charge in [0.25, 0.3) is 0 Å². The van der Waals surface area contributed by atoms with E-state index in [0.717, 1.165) is 16.4 Å². The lowest BCUT2D eigenvalue weighted by Crippen LogP contribution is -3.00. The van der Waals surface area contributed by atoms with Crippen molar-refractivity contribution in [1.82, 2.24) is 0 Å². The average molecular weight is 306 g/mol. The van der Waals surface area contributed by atoms with Crippen LogP contribution in [0.3, 0.4) is 0 Å². The Hall–Kier alpha value is 0.180. The molecule has 0 saturated carbocycles. The van der Waals surface area contributed by atoms with Crippen LogP contribution in [-0.2, 0) is 0 Å². The Balaban J connectivity index is 0. The highest BCUT2D eigenvalue weighted by Crippen LogP contribution is 2.15. The molecule has 0 radical (unpaired) electrons. The summed E-state index contributed by atoms with van der Waals surface area (Å²) >= 11 is 0. The smallest absolute Gasteiger partial charge is 0.0829 e. The summed E-state index contributed by atoms with van der Waals surface area (Å²) in [6.45, 7) is 12.7. The molecule has 0 heterocycles. The molecule has 0 aromatic carbocycles. The van der Waals surface area contributed by atoms with Gasteiger partial charge in [0.15, 0.2) is 0 Å². The summed E-state index contributed by atoms with van der Waals surface area (Å²) in [7, 11) is 4.68. The predicted molar refractivity (Wildman–Crippen MR) is 74.6 cm³/mol. The van der Waals surface area contributed by atoms with Crippen molar-refractivity contribution in [2.24, 2.45) is 5.92 Å². The highest BCUT2D eigenvalue weighted by Gasteiger charge is 2.19. The molecule has 0 fully saturated rings. The number of halogens is 1. The van der Waals surface area contributed by atoms with Crippen LogP contribution in [0, 0.1) is 5.92 Å². The van der Waals surface area contributed by atoms with Crippen LogP contribution in [0.4, 0.5) is 0 Å². The Kier molecular flexibility index (Phi) is 10.5. The van der Waals surface area contributed by atoms with Crippen molar-refractivity contribution in [3.8, 4) is 0 Å². The van der Waals surface area contributed by atoms with E-state index in [2.05, 4.69) is 54.8 Å². The van der Waals surface area contributed by atoms with Gasteiger partial charge in [-0.1, -0.05) is 18.6 Å². The second kappa shape index (κ2) is 9.16. The summed E-state index contributed by atoms with van der Waals surface area (Å²) in [5.74, 6) is 0.853. The summed E-state index contributed by atoms with van der Waals surface area (Å²) in [5.41, 5.74) is 1.45. The molecule has 17 heavy (non-hydrogen) atoms. The molecule has 2 heteroatoms. The van der Waals surface area contributed by atoms with E-state index in [-0.39, 0.29) is 17.0 Å². The molecule has 1 atom stereocenters. The van der Waals surface area contributed by atoms with Gasteiger partial charge < -0.3 is 21.5 Å². The lowest BCUT2D eigenvalue weighted by atomic mass is 10.00. The molecule has 0 unspecified atom stereocenters. The van der Waals surface area contributed by atoms with Crippen LogP contribution in [-0.4, -0.2) is 31.2 Å². The van der Waals surface area contributed by atoms with Gasteiger partial charge in [-0.15, -0.1) is 0 Å². The molecule has 0 amide bonds. The van der Waals surface area contributed by atoms with Gasteiger partial charge in [0.1, 0.15) is 0 Å². The summed E-state index contributed by atoms with van der Waals surface area (Å²) in [6.07, 6.45) is 6.29. The molecule has 0 aromatic heterocycles. The van der Waals surface area contributed by atoms with Gasteiger partial charge in [-0.3, -0.25) is 0 Å². The zero-order valence-corrected chi connectivity index (χ0v) is 14.5. The number of quaternary nitrogens is 1. The number of rotatable bonds is 7. The molecule has 0 aliphatic rings. The highest BCUT2D eigenvalue weighted by molar-refractivity contribution is 4.92. The molecule has 0 rings (SSSR count). The van der Waals surface area contributed by atoms with Crippen LogP contribution in [0.2, 0.25) is 0 Å². The maximum atomic E-state index is 2.39. The second-order valence-electron chi connectivity index (χ2n) is 6.35. The van der Waals surface area contributed by atoms with Crippen LogP contribution >= 0.6 is 0 Å². The quantitative estimate of drug-likeness (QED) is 0.490. The molecule has 0 N–H and O–H groups in total. The third kappa shape index (κ3) is 9.84. The Labute approximate surface area is 120 Å². The van der Waals surface area contributed by atoms with Crippen LogP contribution in [0.25, 0.3) is 0 Å². The van der Waals surface area contributed by atoms with Crippen molar-refractivity contribution in [3.63, 3.8) is 0 Å². The molecule has 1 nitrogen and oxygen atoms in total. The molecule has 0 saturated heterocycles. The number of hydrogen-bond donors (Lipinski definition) is 0. The van der Waals surface area contributed by atoms with Crippen LogP contribution in [0.15, 0.2) is 11.6 Å². The van der Waals surface area contributed by atoms with Crippen molar-refractivity contribution >= 4 is 0 Å². The molecule has 0 aromatic rings. The standard InChI is InChI=1S/C15H32N.BrH/c1-13(2)9-8-10-15(5)11-12-16(6,7)14(3)4;/h9,14-15H,8,10-12H2,1-7H3;1H/q+1;/p-1/t15-;/m0./s1. The molecular weight excluding hydrogens is 274 g/mol. The SMILES string of the molecule is CC(C)=CCC[C@H](C)CC[N+](C)(C)C(C)C.[Br-]. The fourth-order valence-electron chi connectivity index (χ4n) is 1.61. The molecular formula is C15H32BrN. The van der Waals surface area contributed by atoms with Crippen LogP contribution in [0.1, 0.15) is 53.9 Å².